The summed E-state index contributed by atoms with van der Waals surface area (Å²) in [6.45, 7) is 17.2. The average Bonchev–Trinajstić information content (AvgIpc) is 3.98. The molecule has 18 nitrogen and oxygen atoms in total. The molecule has 322 valence electrons. The molecule has 0 spiro atoms. The number of amidine groups is 2. The summed E-state index contributed by atoms with van der Waals surface area (Å²) in [4.78, 5) is 55.5. The number of likely N-dealkylation sites (tertiary alicyclic amines) is 2. The van der Waals surface area contributed by atoms with Crippen LogP contribution in [0.4, 0.5) is 21.0 Å². The second kappa shape index (κ2) is 15.5. The summed E-state index contributed by atoms with van der Waals surface area (Å²) in [5, 5.41) is 8.24. The van der Waals surface area contributed by atoms with Gasteiger partial charge < -0.3 is 48.0 Å². The van der Waals surface area contributed by atoms with E-state index in [1.54, 1.807) is 9.80 Å². The van der Waals surface area contributed by atoms with E-state index in [0.717, 1.165) is 45.8 Å². The summed E-state index contributed by atoms with van der Waals surface area (Å²) in [5.74, 6) is 4.23. The van der Waals surface area contributed by atoms with Crippen LogP contribution in [-0.2, 0) is 19.1 Å². The maximum atomic E-state index is 12.2. The number of amides is 4. The van der Waals surface area contributed by atoms with Gasteiger partial charge in [-0.1, -0.05) is 0 Å². The molecule has 60 heavy (non-hydrogen) atoms. The molecule has 3 fully saturated rings. The van der Waals surface area contributed by atoms with E-state index in [1.807, 2.05) is 89.5 Å². The van der Waals surface area contributed by atoms with Crippen LogP contribution in [0.5, 0.6) is 23.0 Å². The zero-order valence-corrected chi connectivity index (χ0v) is 36.6. The van der Waals surface area contributed by atoms with E-state index in [4.69, 9.17) is 28.4 Å². The summed E-state index contributed by atoms with van der Waals surface area (Å²) < 4.78 is 35.7. The van der Waals surface area contributed by atoms with Gasteiger partial charge in [-0.05, 0) is 96.1 Å². The van der Waals surface area contributed by atoms with Crippen molar-refractivity contribution < 1.29 is 47.6 Å². The Morgan fingerprint density at radius 3 is 1.58 bits per heavy atom. The topological polar surface area (TPSA) is 185 Å². The highest BCUT2D eigenvalue weighted by Gasteiger charge is 2.41. The van der Waals surface area contributed by atoms with Crippen molar-refractivity contribution in [1.82, 2.24) is 20.7 Å². The van der Waals surface area contributed by atoms with Gasteiger partial charge in [0.25, 0.3) is 11.8 Å². The first-order chi connectivity index (χ1) is 28.3. The molecule has 1 saturated carbocycles. The van der Waals surface area contributed by atoms with Crippen LogP contribution in [-0.4, -0.2) is 120 Å². The van der Waals surface area contributed by atoms with Crippen molar-refractivity contribution >= 4 is 63.0 Å². The Kier molecular flexibility index (Phi) is 10.7. The van der Waals surface area contributed by atoms with Crippen molar-refractivity contribution in [3.63, 3.8) is 0 Å². The number of hydrogen-bond donors (Lipinski definition) is 2. The number of halogens is 1. The third-order valence-corrected chi connectivity index (χ3v) is 11.2. The molecule has 4 amide bonds. The highest BCUT2D eigenvalue weighted by atomic mass is 79.9. The first-order valence-electron chi connectivity index (χ1n) is 20.2. The van der Waals surface area contributed by atoms with Crippen molar-refractivity contribution in [3.05, 3.63) is 34.3 Å². The van der Waals surface area contributed by atoms with Gasteiger partial charge >= 0.3 is 12.2 Å². The molecular weight excluding hydrogens is 844 g/mol. The first-order valence-corrected chi connectivity index (χ1v) is 21.0. The Balaban J connectivity index is 0.000000167. The summed E-state index contributed by atoms with van der Waals surface area (Å²) in [6.07, 6.45) is 1.35. The molecule has 2 aromatic rings. The number of rotatable bonds is 5. The highest BCUT2D eigenvalue weighted by Crippen LogP contribution is 2.50. The summed E-state index contributed by atoms with van der Waals surface area (Å²) in [5.41, 5.74) is 6.65. The molecule has 2 unspecified atom stereocenters. The fourth-order valence-electron chi connectivity index (χ4n) is 7.34. The van der Waals surface area contributed by atoms with E-state index in [0.29, 0.717) is 61.9 Å². The normalized spacial score (nSPS) is 22.1. The number of fused-ring (bicyclic) bond motifs is 6. The minimum atomic E-state index is -0.527. The van der Waals surface area contributed by atoms with Gasteiger partial charge in [-0.25, -0.2) is 20.4 Å². The van der Waals surface area contributed by atoms with Crippen LogP contribution in [0.3, 0.4) is 0 Å². The minimum Gasteiger partial charge on any atom is -0.486 e. The molecule has 0 aromatic heterocycles. The second-order valence-corrected chi connectivity index (χ2v) is 18.7. The average molecular weight is 896 g/mol. The molecule has 2 aromatic carbocycles. The lowest BCUT2D eigenvalue weighted by molar-refractivity contribution is -0.123. The molecule has 0 radical (unpaired) electrons. The first kappa shape index (κ1) is 41.3. The largest absolute Gasteiger partial charge is 0.486 e. The lowest BCUT2D eigenvalue weighted by Crippen LogP contribution is -2.57. The monoisotopic (exact) mass is 894 g/mol. The summed E-state index contributed by atoms with van der Waals surface area (Å²) in [6, 6.07) is 6.86. The number of hydrazone groups is 2. The van der Waals surface area contributed by atoms with E-state index in [9.17, 15) is 19.2 Å². The zero-order chi connectivity index (χ0) is 42.8. The molecule has 1 aliphatic carbocycles. The lowest BCUT2D eigenvalue weighted by atomic mass is 10.0. The van der Waals surface area contributed by atoms with Crippen LogP contribution in [0.15, 0.2) is 38.9 Å². The Bertz CT molecular complexity index is 2150. The van der Waals surface area contributed by atoms with Gasteiger partial charge in [-0.15, -0.1) is 0 Å². The van der Waals surface area contributed by atoms with Crippen LogP contribution < -0.4 is 39.6 Å². The van der Waals surface area contributed by atoms with Crippen molar-refractivity contribution in [2.45, 2.75) is 110 Å². The van der Waals surface area contributed by atoms with E-state index >= 15 is 0 Å². The second-order valence-electron chi connectivity index (χ2n) is 17.8. The minimum absolute atomic E-state index is 0.0946. The molecular formula is C41H51BrN8O10. The van der Waals surface area contributed by atoms with Gasteiger partial charge in [0.2, 0.25) is 0 Å². The smallest absolute Gasteiger partial charge is 0.410 e. The fourth-order valence-corrected chi connectivity index (χ4v) is 7.75. The Hall–Kier alpha value is -5.46. The van der Waals surface area contributed by atoms with Gasteiger partial charge in [0.15, 0.2) is 11.7 Å². The van der Waals surface area contributed by atoms with Crippen LogP contribution in [0.1, 0.15) is 79.7 Å². The Labute approximate surface area is 356 Å². The van der Waals surface area contributed by atoms with Gasteiger partial charge in [-0.2, -0.15) is 10.2 Å². The van der Waals surface area contributed by atoms with Crippen LogP contribution >= 0.6 is 15.9 Å². The zero-order valence-electron chi connectivity index (χ0n) is 35.0. The van der Waals surface area contributed by atoms with Crippen LogP contribution in [0.2, 0.25) is 0 Å². The molecule has 2 N–H and O–H groups in total. The van der Waals surface area contributed by atoms with Crippen molar-refractivity contribution in [1.29, 1.82) is 0 Å². The van der Waals surface area contributed by atoms with Gasteiger partial charge in [0.05, 0.1) is 42.0 Å². The third kappa shape index (κ3) is 8.58. The maximum absolute atomic E-state index is 12.2. The number of nitrogens with zero attached hydrogens (tertiary/aromatic N) is 6. The fraction of sp³-hybridized carbons (Fsp3) is 0.561. The molecule has 0 bridgehead atoms. The Morgan fingerprint density at radius 1 is 0.700 bits per heavy atom. The molecule has 2 atom stereocenters. The predicted octanol–water partition coefficient (Wildman–Crippen LogP) is 5.07. The van der Waals surface area contributed by atoms with Crippen LogP contribution in [0.25, 0.3) is 0 Å². The summed E-state index contributed by atoms with van der Waals surface area (Å²) >= 11 is 3.52. The van der Waals surface area contributed by atoms with Crippen molar-refractivity contribution in [3.8, 4) is 23.0 Å². The maximum Gasteiger partial charge on any atom is 0.410 e. The number of benzene rings is 2. The number of carbonyl (C=O) groups excluding carboxylic acids is 4. The van der Waals surface area contributed by atoms with Crippen LogP contribution in [0, 0.1) is 0 Å². The van der Waals surface area contributed by atoms with E-state index < -0.39 is 17.2 Å². The third-order valence-electron chi connectivity index (χ3n) is 10.6. The van der Waals surface area contributed by atoms with Crippen molar-refractivity contribution in [2.24, 2.45) is 10.2 Å². The van der Waals surface area contributed by atoms with E-state index in [1.165, 1.54) is 0 Å². The van der Waals surface area contributed by atoms with Crippen molar-refractivity contribution in [2.75, 3.05) is 49.2 Å². The quantitative estimate of drug-likeness (QED) is 0.407. The number of ether oxygens (including phenoxy) is 6. The summed E-state index contributed by atoms with van der Waals surface area (Å²) in [7, 11) is 0. The van der Waals surface area contributed by atoms with Gasteiger partial charge in [-0.3, -0.25) is 9.59 Å². The number of carbonyl (C=O) groups is 4. The number of anilines is 2. The number of nitrogens with one attached hydrogen (secondary N) is 2. The Morgan fingerprint density at radius 2 is 1.13 bits per heavy atom. The highest BCUT2D eigenvalue weighted by molar-refractivity contribution is 9.10. The van der Waals surface area contributed by atoms with E-state index in [-0.39, 0.29) is 48.9 Å². The molecule has 19 heteroatoms. The lowest BCUT2D eigenvalue weighted by Gasteiger charge is -2.41. The SMILES string of the molecule is CC1C(=O)NN=C2COc3cc(Br)c(OC4CN(C(=O)OC(C)(C)C)C4)cc3N21.CC1C(=O)NN=C2COc3cc(C4CC4)c(OC4CN(C(=O)OC(C)(C)C)C4)cc3N21. The molecule has 9 rings (SSSR count). The van der Waals surface area contributed by atoms with Gasteiger partial charge in [0.1, 0.15) is 71.7 Å². The van der Waals surface area contributed by atoms with E-state index in [2.05, 4.69) is 37.0 Å². The standard InChI is InChI=1S/C22H28N4O5.C19H23BrN4O5/c1-12-20(27)24-23-19-11-29-18-7-15(13-5-6-13)17(8-16(18)26(12)19)30-14-9-25(10-14)21(28)31-22(2,3)4;1-10-17(25)22-21-16-9-27-15-5-12(20)14(6-13(15)24(10)16)28-11-7-23(8-11)18(26)29-19(2,3)4/h7-8,12-14H,5-6,9-11H2,1-4H3,(H,24,27);5-6,10-11H,7-9H2,1-4H3,(H,22,25). The molecule has 6 aliphatic heterocycles. The molecule has 7 aliphatic rings. The molecule has 6 heterocycles. The number of hydrogen-bond acceptors (Lipinski definition) is 14. The molecule has 2 saturated heterocycles. The van der Waals surface area contributed by atoms with Gasteiger partial charge in [0, 0.05) is 23.8 Å². The predicted molar refractivity (Wildman–Crippen MR) is 223 cm³/mol.